The van der Waals surface area contributed by atoms with Crippen molar-refractivity contribution < 1.29 is 13.2 Å². The van der Waals surface area contributed by atoms with E-state index in [9.17, 15) is 13.2 Å². The van der Waals surface area contributed by atoms with Crippen LogP contribution in [0.3, 0.4) is 0 Å². The van der Waals surface area contributed by atoms with Crippen LogP contribution in [-0.4, -0.2) is 34.5 Å². The Morgan fingerprint density at radius 1 is 1.00 bits per heavy atom. The average molecular weight is 402 g/mol. The van der Waals surface area contributed by atoms with Crippen molar-refractivity contribution in [1.82, 2.24) is 4.72 Å². The lowest BCUT2D eigenvalue weighted by molar-refractivity contribution is 0.102. The van der Waals surface area contributed by atoms with E-state index in [1.807, 2.05) is 24.3 Å². The summed E-state index contributed by atoms with van der Waals surface area (Å²) in [4.78, 5) is 15.2. The van der Waals surface area contributed by atoms with Crippen molar-refractivity contribution in [2.45, 2.75) is 38.0 Å². The Kier molecular flexibility index (Phi) is 6.05. The topological polar surface area (TPSA) is 78.5 Å². The first-order valence-electron chi connectivity index (χ1n) is 9.53. The van der Waals surface area contributed by atoms with Crippen molar-refractivity contribution >= 4 is 27.3 Å². The lowest BCUT2D eigenvalue weighted by atomic mass is 10.1. The monoisotopic (exact) mass is 401 g/mol. The highest BCUT2D eigenvalue weighted by Gasteiger charge is 2.19. The molecule has 7 heteroatoms. The molecule has 28 heavy (non-hydrogen) atoms. The van der Waals surface area contributed by atoms with E-state index in [0.29, 0.717) is 16.8 Å². The smallest absolute Gasteiger partial charge is 0.255 e. The maximum absolute atomic E-state index is 12.7. The molecule has 3 rings (SSSR count). The van der Waals surface area contributed by atoms with Gasteiger partial charge in [0.25, 0.3) is 5.91 Å². The van der Waals surface area contributed by atoms with Crippen LogP contribution in [0.5, 0.6) is 0 Å². The molecule has 1 amide bonds. The van der Waals surface area contributed by atoms with Gasteiger partial charge in [0.15, 0.2) is 0 Å². The zero-order valence-corrected chi connectivity index (χ0v) is 17.4. The molecule has 150 valence electrons. The summed E-state index contributed by atoms with van der Waals surface area (Å²) < 4.78 is 26.8. The molecule has 1 saturated heterocycles. The van der Waals surface area contributed by atoms with E-state index >= 15 is 0 Å². The van der Waals surface area contributed by atoms with Crippen molar-refractivity contribution in [1.29, 1.82) is 0 Å². The zero-order valence-electron chi connectivity index (χ0n) is 16.6. The Bertz CT molecular complexity index is 963. The van der Waals surface area contributed by atoms with Gasteiger partial charge >= 0.3 is 0 Å². The third kappa shape index (κ3) is 4.36. The van der Waals surface area contributed by atoms with Crippen LogP contribution in [-0.2, 0) is 10.0 Å². The molecule has 0 atom stereocenters. The summed E-state index contributed by atoms with van der Waals surface area (Å²) in [5, 5.41) is 2.86. The summed E-state index contributed by atoms with van der Waals surface area (Å²) in [6.07, 6.45) is 3.71. The van der Waals surface area contributed by atoms with Gasteiger partial charge in [-0.1, -0.05) is 0 Å². The Labute approximate surface area is 167 Å². The minimum absolute atomic E-state index is 0.126. The molecule has 1 aliphatic heterocycles. The first-order chi connectivity index (χ1) is 13.3. The Balaban J connectivity index is 1.79. The first-order valence-corrected chi connectivity index (χ1v) is 11.0. The van der Waals surface area contributed by atoms with Gasteiger partial charge in [-0.15, -0.1) is 0 Å². The van der Waals surface area contributed by atoms with Crippen LogP contribution in [0, 0.1) is 13.8 Å². The van der Waals surface area contributed by atoms with Crippen molar-refractivity contribution in [3.63, 3.8) is 0 Å². The van der Waals surface area contributed by atoms with Crippen molar-refractivity contribution in [2.24, 2.45) is 0 Å². The van der Waals surface area contributed by atoms with Crippen LogP contribution < -0.4 is 14.9 Å². The Hall–Kier alpha value is -2.38. The van der Waals surface area contributed by atoms with E-state index in [1.165, 1.54) is 32.4 Å². The number of amides is 1. The number of hydrogen-bond acceptors (Lipinski definition) is 4. The fraction of sp³-hybridized carbons (Fsp3) is 0.381. The number of nitrogens with zero attached hydrogens (tertiary/aromatic N) is 1. The molecule has 0 aliphatic carbocycles. The van der Waals surface area contributed by atoms with Gasteiger partial charge < -0.3 is 10.2 Å². The van der Waals surface area contributed by atoms with Crippen LogP contribution >= 0.6 is 0 Å². The van der Waals surface area contributed by atoms with Gasteiger partial charge in [-0.3, -0.25) is 4.79 Å². The standard InChI is InChI=1S/C21H27N3O3S/c1-15-13-17(14-20(16(15)2)28(26,27)22-3)21(25)23-18-7-9-19(10-8-18)24-11-5-4-6-12-24/h7-10,13-14,22H,4-6,11-12H2,1-3H3,(H,23,25). The fourth-order valence-corrected chi connectivity index (χ4v) is 4.52. The van der Waals surface area contributed by atoms with Crippen LogP contribution in [0.2, 0.25) is 0 Å². The molecular formula is C21H27N3O3S. The van der Waals surface area contributed by atoms with E-state index in [-0.39, 0.29) is 10.8 Å². The number of carbonyl (C=O) groups is 1. The second kappa shape index (κ2) is 8.32. The molecule has 2 aromatic carbocycles. The van der Waals surface area contributed by atoms with E-state index < -0.39 is 10.0 Å². The van der Waals surface area contributed by atoms with Gasteiger partial charge in [0.05, 0.1) is 4.90 Å². The lowest BCUT2D eigenvalue weighted by Gasteiger charge is -2.28. The molecule has 0 aromatic heterocycles. The molecule has 6 nitrogen and oxygen atoms in total. The summed E-state index contributed by atoms with van der Waals surface area (Å²) in [5.41, 5.74) is 3.55. The van der Waals surface area contributed by atoms with Crippen molar-refractivity contribution in [3.8, 4) is 0 Å². The molecule has 2 N–H and O–H groups in total. The lowest BCUT2D eigenvalue weighted by Crippen LogP contribution is -2.29. The van der Waals surface area contributed by atoms with Gasteiger partial charge in [-0.25, -0.2) is 13.1 Å². The molecule has 2 aromatic rings. The van der Waals surface area contributed by atoms with Gasteiger partial charge in [-0.2, -0.15) is 0 Å². The number of hydrogen-bond donors (Lipinski definition) is 2. The highest BCUT2D eigenvalue weighted by atomic mass is 32.2. The largest absolute Gasteiger partial charge is 0.372 e. The third-order valence-electron chi connectivity index (χ3n) is 5.29. The molecule has 1 aliphatic rings. The quantitative estimate of drug-likeness (QED) is 0.804. The molecule has 0 bridgehead atoms. The normalized spacial score (nSPS) is 14.8. The number of rotatable bonds is 5. The molecule has 0 spiro atoms. The SMILES string of the molecule is CNS(=O)(=O)c1cc(C(=O)Nc2ccc(N3CCCCC3)cc2)cc(C)c1C. The van der Waals surface area contributed by atoms with Crippen LogP contribution in [0.15, 0.2) is 41.3 Å². The second-order valence-electron chi connectivity index (χ2n) is 7.17. The molecule has 0 radical (unpaired) electrons. The van der Waals surface area contributed by atoms with Crippen LogP contribution in [0.1, 0.15) is 40.7 Å². The summed E-state index contributed by atoms with van der Waals surface area (Å²) in [7, 11) is -2.27. The molecular weight excluding hydrogens is 374 g/mol. The fourth-order valence-electron chi connectivity index (χ4n) is 3.46. The summed E-state index contributed by atoms with van der Waals surface area (Å²) in [6.45, 7) is 5.67. The summed E-state index contributed by atoms with van der Waals surface area (Å²) in [6, 6.07) is 10.9. The molecule has 1 fully saturated rings. The minimum atomic E-state index is -3.63. The van der Waals surface area contributed by atoms with Crippen molar-refractivity contribution in [2.75, 3.05) is 30.4 Å². The first kappa shape index (κ1) is 20.4. The number of carbonyl (C=O) groups excluding carboxylic acids is 1. The average Bonchev–Trinajstić information content (AvgIpc) is 2.71. The van der Waals surface area contributed by atoms with E-state index in [0.717, 1.165) is 24.3 Å². The molecule has 0 saturated carbocycles. The summed E-state index contributed by atoms with van der Waals surface area (Å²) in [5.74, 6) is -0.332. The number of sulfonamides is 1. The number of anilines is 2. The highest BCUT2D eigenvalue weighted by Crippen LogP contribution is 2.24. The van der Waals surface area contributed by atoms with Crippen molar-refractivity contribution in [3.05, 3.63) is 53.1 Å². The second-order valence-corrected chi connectivity index (χ2v) is 9.03. The molecule has 0 unspecified atom stereocenters. The van der Waals surface area contributed by atoms with Crippen LogP contribution in [0.4, 0.5) is 11.4 Å². The molecule has 1 heterocycles. The zero-order chi connectivity index (χ0) is 20.3. The number of benzene rings is 2. The Morgan fingerprint density at radius 3 is 2.25 bits per heavy atom. The number of aryl methyl sites for hydroxylation is 1. The highest BCUT2D eigenvalue weighted by molar-refractivity contribution is 7.89. The van der Waals surface area contributed by atoms with Gasteiger partial charge in [0, 0.05) is 30.0 Å². The predicted molar refractivity (Wildman–Crippen MR) is 113 cm³/mol. The predicted octanol–water partition coefficient (Wildman–Crippen LogP) is 3.45. The van der Waals surface area contributed by atoms with Gasteiger partial charge in [-0.05, 0) is 87.7 Å². The number of nitrogens with one attached hydrogen (secondary N) is 2. The number of piperidine rings is 1. The van der Waals surface area contributed by atoms with E-state index in [4.69, 9.17) is 0 Å². The maximum atomic E-state index is 12.7. The minimum Gasteiger partial charge on any atom is -0.372 e. The van der Waals surface area contributed by atoms with E-state index in [1.54, 1.807) is 19.9 Å². The van der Waals surface area contributed by atoms with Gasteiger partial charge in [0.2, 0.25) is 10.0 Å². The third-order valence-corrected chi connectivity index (χ3v) is 6.83. The maximum Gasteiger partial charge on any atom is 0.255 e. The summed E-state index contributed by atoms with van der Waals surface area (Å²) >= 11 is 0. The van der Waals surface area contributed by atoms with Gasteiger partial charge in [0.1, 0.15) is 0 Å². The van der Waals surface area contributed by atoms with Crippen LogP contribution in [0.25, 0.3) is 0 Å². The Morgan fingerprint density at radius 2 is 1.64 bits per heavy atom. The van der Waals surface area contributed by atoms with E-state index in [2.05, 4.69) is 14.9 Å².